The Bertz CT molecular complexity index is 805. The van der Waals surface area contributed by atoms with E-state index in [9.17, 15) is 4.79 Å². The first-order chi connectivity index (χ1) is 8.47. The number of aromatic nitrogens is 3. The number of nitrogens with zero attached hydrogens (tertiary/aromatic N) is 3. The van der Waals surface area contributed by atoms with Gasteiger partial charge in [0.2, 0.25) is 10.8 Å². The highest BCUT2D eigenvalue weighted by Crippen LogP contribution is 2.36. The summed E-state index contributed by atoms with van der Waals surface area (Å²) in [5.74, 6) is -0.00356. The molecule has 0 N–H and O–H groups in total. The van der Waals surface area contributed by atoms with E-state index in [1.807, 2.05) is 12.1 Å². The van der Waals surface area contributed by atoms with Gasteiger partial charge in [-0.2, -0.15) is 9.50 Å². The molecular weight excluding hydrogens is 317 g/mol. The summed E-state index contributed by atoms with van der Waals surface area (Å²) in [5.41, 5.74) is -0.271. The molecule has 4 nitrogen and oxygen atoms in total. The topological polar surface area (TPSA) is 47.3 Å². The Hall–Kier alpha value is -0.880. The van der Waals surface area contributed by atoms with Crippen LogP contribution in [0.15, 0.2) is 29.1 Å². The van der Waals surface area contributed by atoms with Crippen LogP contribution in [0.25, 0.3) is 15.0 Å². The van der Waals surface area contributed by atoms with Crippen LogP contribution in [0.1, 0.15) is 5.82 Å². The fraction of sp³-hybridized carbons (Fsp3) is 0.100. The van der Waals surface area contributed by atoms with E-state index in [4.69, 9.17) is 34.8 Å². The van der Waals surface area contributed by atoms with Crippen molar-refractivity contribution in [3.8, 4) is 0 Å². The van der Waals surface area contributed by atoms with Crippen LogP contribution in [0.5, 0.6) is 0 Å². The lowest BCUT2D eigenvalue weighted by atomic mass is 10.3. The number of hydrogen-bond donors (Lipinski definition) is 0. The van der Waals surface area contributed by atoms with Gasteiger partial charge in [-0.25, -0.2) is 0 Å². The normalized spacial score (nSPS) is 12.4. The van der Waals surface area contributed by atoms with Crippen molar-refractivity contribution in [3.05, 3.63) is 40.4 Å². The molecule has 0 atom stereocenters. The Morgan fingerprint density at radius 2 is 1.94 bits per heavy atom. The molecule has 2 heterocycles. The molecule has 0 spiro atoms. The van der Waals surface area contributed by atoms with E-state index in [0.717, 1.165) is 9.22 Å². The van der Waals surface area contributed by atoms with Gasteiger partial charge in [0, 0.05) is 4.70 Å². The highest BCUT2D eigenvalue weighted by atomic mass is 35.6. The standard InChI is InChI=1S/C10H4Cl3N3OS/c11-10(12,13)8-14-9-16(15-8)7(17)5-3-1-2-4-6(5)18-9/h1-4H. The minimum Gasteiger partial charge on any atom is -0.267 e. The van der Waals surface area contributed by atoms with Crippen LogP contribution >= 0.6 is 46.1 Å². The molecule has 8 heteroatoms. The largest absolute Gasteiger partial charge is 0.282 e. The van der Waals surface area contributed by atoms with Crippen molar-refractivity contribution < 1.29 is 0 Å². The number of benzene rings is 1. The molecule has 92 valence electrons. The van der Waals surface area contributed by atoms with E-state index >= 15 is 0 Å². The minimum absolute atomic E-state index is 0.00356. The maximum absolute atomic E-state index is 12.2. The average molecular weight is 321 g/mol. The van der Waals surface area contributed by atoms with Gasteiger partial charge < -0.3 is 0 Å². The lowest BCUT2D eigenvalue weighted by Crippen LogP contribution is -2.14. The summed E-state index contributed by atoms with van der Waals surface area (Å²) < 4.78 is 0.236. The number of rotatable bonds is 0. The van der Waals surface area contributed by atoms with Gasteiger partial charge in [-0.1, -0.05) is 58.3 Å². The number of hydrogen-bond acceptors (Lipinski definition) is 4. The van der Waals surface area contributed by atoms with Crippen LogP contribution in [-0.2, 0) is 3.79 Å². The van der Waals surface area contributed by atoms with Gasteiger partial charge in [-0.05, 0) is 12.1 Å². The Morgan fingerprint density at radius 3 is 2.67 bits per heavy atom. The monoisotopic (exact) mass is 319 g/mol. The number of alkyl halides is 3. The second-order valence-electron chi connectivity index (χ2n) is 3.53. The Morgan fingerprint density at radius 1 is 1.22 bits per heavy atom. The van der Waals surface area contributed by atoms with Crippen molar-refractivity contribution in [1.82, 2.24) is 14.6 Å². The quantitative estimate of drug-likeness (QED) is 0.598. The third kappa shape index (κ3) is 1.87. The average Bonchev–Trinajstić information content (AvgIpc) is 2.73. The van der Waals surface area contributed by atoms with Crippen molar-refractivity contribution in [2.75, 3.05) is 0 Å². The fourth-order valence-corrected chi connectivity index (χ4v) is 2.75. The molecule has 0 aliphatic heterocycles. The molecule has 2 aromatic heterocycles. The first-order valence-electron chi connectivity index (χ1n) is 4.82. The van der Waals surface area contributed by atoms with Crippen LogP contribution in [0, 0.1) is 0 Å². The molecule has 0 bridgehead atoms. The lowest BCUT2D eigenvalue weighted by molar-refractivity contribution is 0.882. The first-order valence-corrected chi connectivity index (χ1v) is 6.78. The molecule has 3 rings (SSSR count). The van der Waals surface area contributed by atoms with E-state index in [1.165, 1.54) is 11.3 Å². The second kappa shape index (κ2) is 4.06. The first kappa shape index (κ1) is 12.2. The molecule has 0 aliphatic rings. The number of halogens is 3. The van der Waals surface area contributed by atoms with E-state index < -0.39 is 3.79 Å². The van der Waals surface area contributed by atoms with Gasteiger partial charge in [0.15, 0.2) is 0 Å². The van der Waals surface area contributed by atoms with Crippen molar-refractivity contribution in [2.24, 2.45) is 0 Å². The molecule has 0 aliphatic carbocycles. The summed E-state index contributed by atoms with van der Waals surface area (Å²) >= 11 is 18.4. The van der Waals surface area contributed by atoms with E-state index in [-0.39, 0.29) is 11.4 Å². The summed E-state index contributed by atoms with van der Waals surface area (Å²) in [4.78, 5) is 16.6. The van der Waals surface area contributed by atoms with E-state index in [1.54, 1.807) is 12.1 Å². The summed E-state index contributed by atoms with van der Waals surface area (Å²) in [6, 6.07) is 7.20. The SMILES string of the molecule is O=c1c2ccccc2sc2nc(C(Cl)(Cl)Cl)nn12. The van der Waals surface area contributed by atoms with Crippen LogP contribution in [0.4, 0.5) is 0 Å². The second-order valence-corrected chi connectivity index (χ2v) is 6.82. The molecule has 0 unspecified atom stereocenters. The van der Waals surface area contributed by atoms with Crippen LogP contribution in [-0.4, -0.2) is 14.6 Å². The molecule has 1 aromatic carbocycles. The molecule has 0 saturated heterocycles. The van der Waals surface area contributed by atoms with Gasteiger partial charge in [-0.15, -0.1) is 5.10 Å². The zero-order valence-corrected chi connectivity index (χ0v) is 11.7. The highest BCUT2D eigenvalue weighted by Gasteiger charge is 2.29. The molecular formula is C10H4Cl3N3OS. The molecule has 0 radical (unpaired) electrons. The van der Waals surface area contributed by atoms with Crippen LogP contribution in [0.2, 0.25) is 0 Å². The summed E-state index contributed by atoms with van der Waals surface area (Å²) in [5, 5.41) is 4.51. The van der Waals surface area contributed by atoms with Crippen molar-refractivity contribution in [3.63, 3.8) is 0 Å². The van der Waals surface area contributed by atoms with Gasteiger partial charge in [0.25, 0.3) is 9.35 Å². The Balaban J connectivity index is 2.44. The molecule has 0 saturated carbocycles. The summed E-state index contributed by atoms with van der Waals surface area (Å²) in [6.45, 7) is 0. The minimum atomic E-state index is -1.74. The van der Waals surface area contributed by atoms with Crippen molar-refractivity contribution >= 4 is 61.2 Å². The van der Waals surface area contributed by atoms with Gasteiger partial charge in [0.1, 0.15) is 0 Å². The van der Waals surface area contributed by atoms with Crippen molar-refractivity contribution in [1.29, 1.82) is 0 Å². The number of fused-ring (bicyclic) bond motifs is 2. The smallest absolute Gasteiger partial charge is 0.267 e. The third-order valence-electron chi connectivity index (χ3n) is 2.34. The lowest BCUT2D eigenvalue weighted by Gasteiger charge is -2.02. The van der Waals surface area contributed by atoms with E-state index in [2.05, 4.69) is 10.1 Å². The summed E-state index contributed by atoms with van der Waals surface area (Å²) in [6.07, 6.45) is 0. The highest BCUT2D eigenvalue weighted by molar-refractivity contribution is 7.23. The third-order valence-corrected chi connectivity index (χ3v) is 3.87. The zero-order valence-electron chi connectivity index (χ0n) is 8.60. The summed E-state index contributed by atoms with van der Waals surface area (Å²) in [7, 11) is 0. The zero-order chi connectivity index (χ0) is 12.9. The van der Waals surface area contributed by atoms with Gasteiger partial charge in [0.05, 0.1) is 5.39 Å². The molecule has 3 aromatic rings. The van der Waals surface area contributed by atoms with Crippen LogP contribution in [0.3, 0.4) is 0 Å². The van der Waals surface area contributed by atoms with Gasteiger partial charge >= 0.3 is 0 Å². The maximum atomic E-state index is 12.2. The van der Waals surface area contributed by atoms with Crippen LogP contribution < -0.4 is 5.56 Å². The fourth-order valence-electron chi connectivity index (χ4n) is 1.56. The van der Waals surface area contributed by atoms with Crippen molar-refractivity contribution in [2.45, 2.75) is 3.79 Å². The molecule has 0 fully saturated rings. The Labute approximate surface area is 120 Å². The predicted octanol–water partition coefficient (Wildman–Crippen LogP) is 3.13. The van der Waals surface area contributed by atoms with Gasteiger partial charge in [-0.3, -0.25) is 4.79 Å². The van der Waals surface area contributed by atoms with E-state index in [0.29, 0.717) is 10.3 Å². The maximum Gasteiger partial charge on any atom is 0.282 e. The molecule has 18 heavy (non-hydrogen) atoms. The molecule has 0 amide bonds. The Kier molecular flexibility index (Phi) is 2.75. The predicted molar refractivity (Wildman–Crippen MR) is 73.9 cm³/mol.